The van der Waals surface area contributed by atoms with Crippen molar-refractivity contribution >= 4 is 33.2 Å². The van der Waals surface area contributed by atoms with E-state index in [0.29, 0.717) is 37.7 Å². The number of rotatable bonds is 7. The van der Waals surface area contributed by atoms with E-state index in [2.05, 4.69) is 21.4 Å². The summed E-state index contributed by atoms with van der Waals surface area (Å²) < 4.78 is 29.5. The lowest BCUT2D eigenvalue weighted by atomic mass is 9.97. The highest BCUT2D eigenvalue weighted by atomic mass is 35.5. The average molecular weight is 492 g/mol. The molecule has 2 aromatic rings. The molecular weight excluding hydrogens is 462 g/mol. The SMILES string of the molecule is Cn1cc(C(=O)NCCC2=CCCCC2)c(S(=O)(=O)N2CCN(c3ccc(Cl)cc3)CC2)n1. The van der Waals surface area contributed by atoms with E-state index in [1.807, 2.05) is 24.3 Å². The summed E-state index contributed by atoms with van der Waals surface area (Å²) in [7, 11) is -2.27. The number of carbonyl (C=O) groups is 1. The largest absolute Gasteiger partial charge is 0.369 e. The molecule has 10 heteroatoms. The Morgan fingerprint density at radius 1 is 1.12 bits per heavy atom. The highest BCUT2D eigenvalue weighted by Gasteiger charge is 2.34. The van der Waals surface area contributed by atoms with E-state index in [1.54, 1.807) is 7.05 Å². The van der Waals surface area contributed by atoms with Crippen LogP contribution in [0.1, 0.15) is 42.5 Å². The van der Waals surface area contributed by atoms with Crippen LogP contribution in [0.2, 0.25) is 5.02 Å². The number of carbonyl (C=O) groups excluding carboxylic acids is 1. The standard InChI is InChI=1S/C23H30ClN5O3S/c1-27-17-21(22(30)25-12-11-18-5-3-2-4-6-18)23(26-27)33(31,32)29-15-13-28(14-16-29)20-9-7-19(24)8-10-20/h5,7-10,17H,2-4,6,11-16H2,1H3,(H,25,30). The van der Waals surface area contributed by atoms with Gasteiger partial charge in [-0.1, -0.05) is 23.3 Å². The number of nitrogens with one attached hydrogen (secondary N) is 1. The van der Waals surface area contributed by atoms with Gasteiger partial charge in [-0.25, -0.2) is 8.42 Å². The number of halogens is 1. The monoisotopic (exact) mass is 491 g/mol. The van der Waals surface area contributed by atoms with Crippen LogP contribution >= 0.6 is 11.6 Å². The molecule has 1 N–H and O–H groups in total. The predicted octanol–water partition coefficient (Wildman–Crippen LogP) is 3.20. The summed E-state index contributed by atoms with van der Waals surface area (Å²) in [4.78, 5) is 14.9. The van der Waals surface area contributed by atoms with E-state index >= 15 is 0 Å². The van der Waals surface area contributed by atoms with Crippen molar-refractivity contribution in [2.45, 2.75) is 37.1 Å². The van der Waals surface area contributed by atoms with E-state index in [9.17, 15) is 13.2 Å². The Morgan fingerprint density at radius 2 is 1.85 bits per heavy atom. The number of piperazine rings is 1. The topological polar surface area (TPSA) is 87.5 Å². The molecule has 2 heterocycles. The van der Waals surface area contributed by atoms with E-state index < -0.39 is 15.9 Å². The zero-order chi connectivity index (χ0) is 23.4. The lowest BCUT2D eigenvalue weighted by Gasteiger charge is -2.35. The number of allylic oxidation sites excluding steroid dienone is 1. The molecule has 0 saturated carbocycles. The fourth-order valence-electron chi connectivity index (χ4n) is 4.34. The van der Waals surface area contributed by atoms with Gasteiger partial charge in [0.25, 0.3) is 15.9 Å². The van der Waals surface area contributed by atoms with Crippen molar-refractivity contribution < 1.29 is 13.2 Å². The van der Waals surface area contributed by atoms with Gasteiger partial charge in [-0.3, -0.25) is 9.48 Å². The van der Waals surface area contributed by atoms with Crippen LogP contribution in [0, 0.1) is 0 Å². The van der Waals surface area contributed by atoms with E-state index in [4.69, 9.17) is 11.6 Å². The second-order valence-electron chi connectivity index (χ2n) is 8.50. The minimum Gasteiger partial charge on any atom is -0.369 e. The summed E-state index contributed by atoms with van der Waals surface area (Å²) in [6.07, 6.45) is 9.10. The number of aromatic nitrogens is 2. The molecule has 0 radical (unpaired) electrons. The summed E-state index contributed by atoms with van der Waals surface area (Å²) >= 11 is 5.96. The first-order valence-corrected chi connectivity index (χ1v) is 13.2. The Balaban J connectivity index is 1.41. The number of amides is 1. The first-order chi connectivity index (χ1) is 15.8. The van der Waals surface area contributed by atoms with Gasteiger partial charge in [0.1, 0.15) is 0 Å². The third kappa shape index (κ3) is 5.59. The van der Waals surface area contributed by atoms with Crippen LogP contribution in [0.3, 0.4) is 0 Å². The molecule has 1 amide bonds. The Labute approximate surface area is 200 Å². The maximum absolute atomic E-state index is 13.4. The molecule has 0 atom stereocenters. The molecule has 4 rings (SSSR count). The smallest absolute Gasteiger partial charge is 0.263 e. The molecule has 8 nitrogen and oxygen atoms in total. The zero-order valence-electron chi connectivity index (χ0n) is 18.8. The van der Waals surface area contributed by atoms with Crippen molar-refractivity contribution in [3.8, 4) is 0 Å². The number of nitrogens with zero attached hydrogens (tertiary/aromatic N) is 4. The highest BCUT2D eigenvalue weighted by molar-refractivity contribution is 7.89. The van der Waals surface area contributed by atoms with Gasteiger partial charge in [-0.05, 0) is 56.4 Å². The van der Waals surface area contributed by atoms with Gasteiger partial charge in [-0.15, -0.1) is 0 Å². The minimum absolute atomic E-state index is 0.0928. The van der Waals surface area contributed by atoms with Gasteiger partial charge in [-0.2, -0.15) is 9.40 Å². The van der Waals surface area contributed by atoms with Gasteiger partial charge in [0.05, 0.1) is 5.56 Å². The molecule has 1 aromatic carbocycles. The third-order valence-electron chi connectivity index (χ3n) is 6.17. The molecule has 0 bridgehead atoms. The first-order valence-electron chi connectivity index (χ1n) is 11.3. The molecule has 0 spiro atoms. The summed E-state index contributed by atoms with van der Waals surface area (Å²) in [5, 5.41) is 7.51. The quantitative estimate of drug-likeness (QED) is 0.601. The molecule has 1 aliphatic carbocycles. The van der Waals surface area contributed by atoms with Crippen molar-refractivity contribution in [3.63, 3.8) is 0 Å². The number of hydrogen-bond donors (Lipinski definition) is 1. The molecule has 33 heavy (non-hydrogen) atoms. The van der Waals surface area contributed by atoms with Gasteiger partial charge in [0.2, 0.25) is 5.03 Å². The molecular formula is C23H30ClN5O3S. The zero-order valence-corrected chi connectivity index (χ0v) is 20.4. The second-order valence-corrected chi connectivity index (χ2v) is 10.8. The van der Waals surface area contributed by atoms with Crippen LogP contribution in [-0.4, -0.2) is 61.1 Å². The van der Waals surface area contributed by atoms with Crippen LogP contribution in [-0.2, 0) is 17.1 Å². The third-order valence-corrected chi connectivity index (χ3v) is 8.26. The van der Waals surface area contributed by atoms with Gasteiger partial charge < -0.3 is 10.2 Å². The number of anilines is 1. The summed E-state index contributed by atoms with van der Waals surface area (Å²) in [6, 6.07) is 7.50. The fraction of sp³-hybridized carbons (Fsp3) is 0.478. The molecule has 1 aliphatic heterocycles. The van der Waals surface area contributed by atoms with E-state index in [0.717, 1.165) is 24.9 Å². The molecule has 1 aromatic heterocycles. The van der Waals surface area contributed by atoms with E-state index in [1.165, 1.54) is 33.6 Å². The van der Waals surface area contributed by atoms with Crippen LogP contribution in [0.15, 0.2) is 47.1 Å². The molecule has 2 aliphatic rings. The molecule has 1 saturated heterocycles. The number of benzene rings is 1. The number of aryl methyl sites for hydroxylation is 1. The second kappa shape index (κ2) is 10.3. The van der Waals surface area contributed by atoms with Crippen LogP contribution in [0.4, 0.5) is 5.69 Å². The molecule has 0 unspecified atom stereocenters. The molecule has 178 valence electrons. The lowest BCUT2D eigenvalue weighted by Crippen LogP contribution is -2.49. The van der Waals surface area contributed by atoms with Crippen LogP contribution in [0.25, 0.3) is 0 Å². The number of hydrogen-bond acceptors (Lipinski definition) is 5. The van der Waals surface area contributed by atoms with Gasteiger partial charge in [0, 0.05) is 56.7 Å². The van der Waals surface area contributed by atoms with Crippen molar-refractivity contribution in [2.24, 2.45) is 7.05 Å². The van der Waals surface area contributed by atoms with Crippen molar-refractivity contribution in [3.05, 3.63) is 52.7 Å². The Kier molecular flexibility index (Phi) is 7.41. The maximum atomic E-state index is 13.4. The maximum Gasteiger partial charge on any atom is 0.263 e. The van der Waals surface area contributed by atoms with Gasteiger partial charge >= 0.3 is 0 Å². The van der Waals surface area contributed by atoms with Gasteiger partial charge in [0.15, 0.2) is 0 Å². The first kappa shape index (κ1) is 23.8. The summed E-state index contributed by atoms with van der Waals surface area (Å²) in [5.74, 6) is -0.405. The Bertz CT molecular complexity index is 1120. The normalized spacial score (nSPS) is 17.6. The Hall–Kier alpha value is -2.36. The minimum atomic E-state index is -3.89. The van der Waals surface area contributed by atoms with E-state index in [-0.39, 0.29) is 10.6 Å². The van der Waals surface area contributed by atoms with Crippen molar-refractivity contribution in [1.29, 1.82) is 0 Å². The molecule has 1 fully saturated rings. The van der Waals surface area contributed by atoms with Crippen LogP contribution < -0.4 is 10.2 Å². The summed E-state index contributed by atoms with van der Waals surface area (Å²) in [5.41, 5.74) is 2.46. The average Bonchev–Trinajstić information content (AvgIpc) is 3.23. The lowest BCUT2D eigenvalue weighted by molar-refractivity contribution is 0.0950. The van der Waals surface area contributed by atoms with Crippen LogP contribution in [0.5, 0.6) is 0 Å². The fourth-order valence-corrected chi connectivity index (χ4v) is 6.01. The van der Waals surface area contributed by atoms with Crippen molar-refractivity contribution in [2.75, 3.05) is 37.6 Å². The number of sulfonamides is 1. The Morgan fingerprint density at radius 3 is 2.52 bits per heavy atom. The van der Waals surface area contributed by atoms with Crippen molar-refractivity contribution in [1.82, 2.24) is 19.4 Å². The predicted molar refractivity (Wildman–Crippen MR) is 129 cm³/mol. The summed E-state index contributed by atoms with van der Waals surface area (Å²) in [6.45, 7) is 2.21. The highest BCUT2D eigenvalue weighted by Crippen LogP contribution is 2.24.